The van der Waals surface area contributed by atoms with Gasteiger partial charge in [0, 0.05) is 6.92 Å². The van der Waals surface area contributed by atoms with Gasteiger partial charge in [0.05, 0.1) is 6.61 Å². The summed E-state index contributed by atoms with van der Waals surface area (Å²) in [4.78, 5) is 10.6. The first-order valence-corrected chi connectivity index (χ1v) is 10.9. The van der Waals surface area contributed by atoms with Crippen LogP contribution in [0.3, 0.4) is 0 Å². The molecule has 0 aliphatic rings. The van der Waals surface area contributed by atoms with Gasteiger partial charge in [-0.25, -0.2) is 0 Å². The Hall–Kier alpha value is 0.470. The zero-order valence-electron chi connectivity index (χ0n) is 16.8. The Labute approximate surface area is 180 Å². The molecule has 0 aromatic carbocycles. The summed E-state index contributed by atoms with van der Waals surface area (Å²) in [5.74, 6) is -0.151. The SMILES string of the molecule is CCCCCCCCCCCCCCCCCCCCOC(C)=O.[NaH]. The molecule has 0 aromatic heterocycles. The first kappa shape index (κ1) is 27.7. The van der Waals surface area contributed by atoms with Gasteiger partial charge in [-0.1, -0.05) is 116 Å². The van der Waals surface area contributed by atoms with Gasteiger partial charge < -0.3 is 4.74 Å². The Morgan fingerprint density at radius 1 is 0.560 bits per heavy atom. The second kappa shape index (κ2) is 24.5. The molecule has 2 nitrogen and oxygen atoms in total. The quantitative estimate of drug-likeness (QED) is 0.141. The minimum absolute atomic E-state index is 0. The van der Waals surface area contributed by atoms with E-state index in [1.165, 1.54) is 116 Å². The van der Waals surface area contributed by atoms with Crippen molar-refractivity contribution in [2.24, 2.45) is 0 Å². The van der Waals surface area contributed by atoms with Crippen LogP contribution >= 0.6 is 0 Å². The molecule has 0 aliphatic carbocycles. The maximum atomic E-state index is 10.6. The Morgan fingerprint density at radius 2 is 0.840 bits per heavy atom. The molecule has 0 spiro atoms. The molecule has 0 rings (SSSR count). The van der Waals surface area contributed by atoms with Gasteiger partial charge in [-0.3, -0.25) is 4.79 Å². The van der Waals surface area contributed by atoms with Gasteiger partial charge in [-0.15, -0.1) is 0 Å². The molecule has 0 radical (unpaired) electrons. The molecular weight excluding hydrogens is 319 g/mol. The number of hydrogen-bond donors (Lipinski definition) is 0. The third-order valence-electron chi connectivity index (χ3n) is 4.80. The van der Waals surface area contributed by atoms with Crippen molar-refractivity contribution in [3.63, 3.8) is 0 Å². The molecule has 0 heterocycles. The molecule has 0 unspecified atom stereocenters. The van der Waals surface area contributed by atoms with E-state index in [4.69, 9.17) is 4.74 Å². The zero-order valence-corrected chi connectivity index (χ0v) is 16.8. The number of rotatable bonds is 19. The van der Waals surface area contributed by atoms with Gasteiger partial charge in [0.2, 0.25) is 0 Å². The summed E-state index contributed by atoms with van der Waals surface area (Å²) in [6.45, 7) is 4.37. The summed E-state index contributed by atoms with van der Waals surface area (Å²) in [6.07, 6.45) is 24.9. The molecule has 25 heavy (non-hydrogen) atoms. The molecule has 0 atom stereocenters. The van der Waals surface area contributed by atoms with E-state index in [1.54, 1.807) is 0 Å². The van der Waals surface area contributed by atoms with E-state index < -0.39 is 0 Å². The number of hydrogen-bond acceptors (Lipinski definition) is 2. The molecule has 3 heteroatoms. The van der Waals surface area contributed by atoms with Crippen molar-refractivity contribution in [3.05, 3.63) is 0 Å². The summed E-state index contributed by atoms with van der Waals surface area (Å²) in [5, 5.41) is 0. The monoisotopic (exact) mass is 364 g/mol. The van der Waals surface area contributed by atoms with Gasteiger partial charge in [-0.05, 0) is 6.42 Å². The van der Waals surface area contributed by atoms with Crippen LogP contribution in [-0.2, 0) is 9.53 Å². The van der Waals surface area contributed by atoms with Crippen molar-refractivity contribution < 1.29 is 9.53 Å². The van der Waals surface area contributed by atoms with E-state index in [2.05, 4.69) is 6.92 Å². The summed E-state index contributed by atoms with van der Waals surface area (Å²) >= 11 is 0. The maximum absolute atomic E-state index is 10.6. The van der Waals surface area contributed by atoms with Gasteiger partial charge in [0.15, 0.2) is 0 Å². The van der Waals surface area contributed by atoms with Crippen LogP contribution in [0.15, 0.2) is 0 Å². The van der Waals surface area contributed by atoms with Crippen molar-refractivity contribution in [1.82, 2.24) is 0 Å². The third-order valence-corrected chi connectivity index (χ3v) is 4.80. The molecule has 0 aromatic rings. The number of unbranched alkanes of at least 4 members (excludes halogenated alkanes) is 17. The van der Waals surface area contributed by atoms with Crippen LogP contribution < -0.4 is 0 Å². The summed E-state index contributed by atoms with van der Waals surface area (Å²) < 4.78 is 4.93. The molecule has 0 amide bonds. The van der Waals surface area contributed by atoms with E-state index in [-0.39, 0.29) is 35.5 Å². The average molecular weight is 365 g/mol. The number of esters is 1. The minimum atomic E-state index is -0.151. The molecule has 0 bridgehead atoms. The predicted octanol–water partition coefficient (Wildman–Crippen LogP) is 6.94. The fraction of sp³-hybridized carbons (Fsp3) is 0.955. The van der Waals surface area contributed by atoms with E-state index >= 15 is 0 Å². The van der Waals surface area contributed by atoms with Gasteiger partial charge in [-0.2, -0.15) is 0 Å². The van der Waals surface area contributed by atoms with Crippen LogP contribution in [0.1, 0.15) is 129 Å². The number of carbonyl (C=O) groups excluding carboxylic acids is 1. The van der Waals surface area contributed by atoms with Crippen LogP contribution in [0, 0.1) is 0 Å². The van der Waals surface area contributed by atoms with Gasteiger partial charge >= 0.3 is 35.5 Å². The van der Waals surface area contributed by atoms with Crippen molar-refractivity contribution >= 4 is 35.5 Å². The van der Waals surface area contributed by atoms with E-state index in [1.807, 2.05) is 0 Å². The number of carbonyl (C=O) groups is 1. The molecule has 0 saturated heterocycles. The molecule has 0 fully saturated rings. The van der Waals surface area contributed by atoms with E-state index in [0.717, 1.165) is 6.42 Å². The standard InChI is InChI=1S/C22H44O2.Na.H/c1-3-4-5-6-7-8-9-10-11-12-13-14-15-16-17-18-19-20-21-24-22(2)23;;/h3-21H2,1-2H3;;. The average Bonchev–Trinajstić information content (AvgIpc) is 2.56. The van der Waals surface area contributed by atoms with Gasteiger partial charge in [0.25, 0.3) is 0 Å². The second-order valence-electron chi connectivity index (χ2n) is 7.35. The van der Waals surface area contributed by atoms with Gasteiger partial charge in [0.1, 0.15) is 0 Å². The first-order chi connectivity index (χ1) is 11.8. The first-order valence-electron chi connectivity index (χ1n) is 10.9. The molecule has 146 valence electrons. The van der Waals surface area contributed by atoms with Crippen LogP contribution in [0.5, 0.6) is 0 Å². The Kier molecular flexibility index (Phi) is 27.1. The summed E-state index contributed by atoms with van der Waals surface area (Å²) in [7, 11) is 0. The van der Waals surface area contributed by atoms with Crippen molar-refractivity contribution in [1.29, 1.82) is 0 Å². The fourth-order valence-corrected chi connectivity index (χ4v) is 3.22. The molecule has 0 aliphatic heterocycles. The Morgan fingerprint density at radius 3 is 1.12 bits per heavy atom. The summed E-state index contributed by atoms with van der Waals surface area (Å²) in [5.41, 5.74) is 0. The normalized spacial score (nSPS) is 10.5. The topological polar surface area (TPSA) is 26.3 Å². The van der Waals surface area contributed by atoms with Crippen molar-refractivity contribution in [2.45, 2.75) is 129 Å². The van der Waals surface area contributed by atoms with Crippen LogP contribution in [0.4, 0.5) is 0 Å². The third kappa shape index (κ3) is 26.8. The summed E-state index contributed by atoms with van der Waals surface area (Å²) in [6, 6.07) is 0. The van der Waals surface area contributed by atoms with Crippen LogP contribution in [0.2, 0.25) is 0 Å². The fourth-order valence-electron chi connectivity index (χ4n) is 3.22. The molecule has 0 N–H and O–H groups in total. The molecular formula is C22H45NaO2. The van der Waals surface area contributed by atoms with Crippen LogP contribution in [-0.4, -0.2) is 42.1 Å². The second-order valence-corrected chi connectivity index (χ2v) is 7.35. The van der Waals surface area contributed by atoms with Crippen molar-refractivity contribution in [2.75, 3.05) is 6.61 Å². The van der Waals surface area contributed by atoms with E-state index in [9.17, 15) is 4.79 Å². The molecule has 0 saturated carbocycles. The Bertz CT molecular complexity index is 256. The predicted molar refractivity (Wildman–Crippen MR) is 113 cm³/mol. The number of ether oxygens (including phenoxy) is 1. The van der Waals surface area contributed by atoms with E-state index in [0.29, 0.717) is 6.61 Å². The Balaban J connectivity index is 0. The van der Waals surface area contributed by atoms with Crippen molar-refractivity contribution in [3.8, 4) is 0 Å². The zero-order chi connectivity index (χ0) is 17.7. The van der Waals surface area contributed by atoms with Crippen LogP contribution in [0.25, 0.3) is 0 Å².